The minimum Gasteiger partial charge on any atom is -0.375 e. The lowest BCUT2D eigenvalue weighted by Gasteiger charge is -2.58. The van der Waals surface area contributed by atoms with Crippen LogP contribution in [0.3, 0.4) is 0 Å². The molecule has 188 valence electrons. The van der Waals surface area contributed by atoms with Crippen molar-refractivity contribution in [3.05, 3.63) is 47.8 Å². The van der Waals surface area contributed by atoms with Crippen LogP contribution in [0.15, 0.2) is 42.3 Å². The number of piperidine rings is 1. The molecule has 0 radical (unpaired) electrons. The van der Waals surface area contributed by atoms with Crippen LogP contribution in [0.25, 0.3) is 5.57 Å². The third kappa shape index (κ3) is 4.11. The lowest BCUT2D eigenvalue weighted by molar-refractivity contribution is -0.0675. The van der Waals surface area contributed by atoms with Crippen LogP contribution in [0.5, 0.6) is 0 Å². The first-order valence-electron chi connectivity index (χ1n) is 13.2. The number of ether oxygens (including phenoxy) is 1. The molecule has 5 aliphatic rings. The first-order valence-corrected chi connectivity index (χ1v) is 13.2. The highest BCUT2D eigenvalue weighted by molar-refractivity contribution is 5.72. The van der Waals surface area contributed by atoms with Crippen molar-refractivity contribution in [2.45, 2.75) is 98.7 Å². The highest BCUT2D eigenvalue weighted by Crippen LogP contribution is 2.66. The van der Waals surface area contributed by atoms with Crippen LogP contribution >= 0.6 is 0 Å². The first-order chi connectivity index (χ1) is 15.6. The van der Waals surface area contributed by atoms with E-state index in [1.54, 1.807) is 11.1 Å². The van der Waals surface area contributed by atoms with E-state index in [2.05, 4.69) is 54.6 Å². The molecule has 1 aliphatic heterocycles. The Morgan fingerprint density at radius 1 is 0.912 bits per heavy atom. The van der Waals surface area contributed by atoms with Crippen LogP contribution in [-0.2, 0) is 4.74 Å². The van der Waals surface area contributed by atoms with Crippen molar-refractivity contribution in [3.8, 4) is 0 Å². The van der Waals surface area contributed by atoms with Gasteiger partial charge in [-0.3, -0.25) is 4.98 Å². The fourth-order valence-electron chi connectivity index (χ4n) is 8.48. The maximum absolute atomic E-state index is 6.62. The fraction of sp³-hybridized carbons (Fsp3) is 0.710. The topological polar surface area (TPSA) is 34.1 Å². The molecule has 1 saturated heterocycles. The third-order valence-corrected chi connectivity index (χ3v) is 10.3. The van der Waals surface area contributed by atoms with Crippen molar-refractivity contribution in [1.29, 1.82) is 0 Å². The van der Waals surface area contributed by atoms with Crippen LogP contribution in [0.1, 0.15) is 92.1 Å². The molecule has 0 aromatic carbocycles. The SMILES string of the molecule is C.C.CC12CCC(OC3CCNCC3)CC1=CCC1C2CCC2(C)C(c3cccnc3)=CCC12. The Labute approximate surface area is 208 Å². The van der Waals surface area contributed by atoms with E-state index in [1.807, 2.05) is 6.20 Å². The molecule has 4 aliphatic carbocycles. The summed E-state index contributed by atoms with van der Waals surface area (Å²) in [6, 6.07) is 4.36. The Morgan fingerprint density at radius 2 is 1.71 bits per heavy atom. The number of aromatic nitrogens is 1. The van der Waals surface area contributed by atoms with E-state index < -0.39 is 0 Å². The lowest BCUT2D eigenvalue weighted by atomic mass is 9.47. The summed E-state index contributed by atoms with van der Waals surface area (Å²) in [7, 11) is 0. The summed E-state index contributed by atoms with van der Waals surface area (Å²) in [5.74, 6) is 2.46. The monoisotopic (exact) mass is 464 g/mol. The van der Waals surface area contributed by atoms with E-state index >= 15 is 0 Å². The molecule has 3 heteroatoms. The van der Waals surface area contributed by atoms with Crippen molar-refractivity contribution in [3.63, 3.8) is 0 Å². The summed E-state index contributed by atoms with van der Waals surface area (Å²) >= 11 is 0. The van der Waals surface area contributed by atoms with Gasteiger partial charge in [-0.2, -0.15) is 0 Å². The van der Waals surface area contributed by atoms with Crippen LogP contribution in [0.4, 0.5) is 0 Å². The van der Waals surface area contributed by atoms with E-state index in [0.717, 1.165) is 30.8 Å². The summed E-state index contributed by atoms with van der Waals surface area (Å²) in [6.45, 7) is 7.42. The van der Waals surface area contributed by atoms with Crippen molar-refractivity contribution >= 4 is 5.57 Å². The van der Waals surface area contributed by atoms with E-state index in [4.69, 9.17) is 4.74 Å². The number of rotatable bonds is 3. The standard InChI is InChI=1S/C29H40N2O.2CH4/c1-28-13-9-23(32-22-11-16-30-17-12-22)18-21(28)5-6-24-26-8-7-25(20-4-3-15-31-19-20)29(26,2)14-10-27(24)28;;/h3-5,7,15,19,22-24,26-27,30H,6,8-14,16-18H2,1-2H3;2*1H4. The molecule has 3 nitrogen and oxygen atoms in total. The Morgan fingerprint density at radius 3 is 2.47 bits per heavy atom. The number of fused-ring (bicyclic) bond motifs is 5. The number of nitrogens with zero attached hydrogens (tertiary/aromatic N) is 1. The smallest absolute Gasteiger partial charge is 0.0616 e. The van der Waals surface area contributed by atoms with Gasteiger partial charge in [0.15, 0.2) is 0 Å². The summed E-state index contributed by atoms with van der Waals surface area (Å²) < 4.78 is 6.62. The molecule has 2 saturated carbocycles. The molecule has 1 aromatic rings. The molecular formula is C31H48N2O. The van der Waals surface area contributed by atoms with E-state index in [9.17, 15) is 0 Å². The number of hydrogen-bond acceptors (Lipinski definition) is 3. The molecule has 6 atom stereocenters. The van der Waals surface area contributed by atoms with Gasteiger partial charge in [-0.15, -0.1) is 0 Å². The van der Waals surface area contributed by atoms with Gasteiger partial charge < -0.3 is 10.1 Å². The maximum Gasteiger partial charge on any atom is 0.0616 e. The zero-order chi connectivity index (χ0) is 21.8. The summed E-state index contributed by atoms with van der Waals surface area (Å²) in [6.07, 6.45) is 21.5. The Kier molecular flexibility index (Phi) is 7.46. The molecular weight excluding hydrogens is 416 g/mol. The Bertz CT molecular complexity index is 901. The Balaban J connectivity index is 0.00000137. The normalized spacial score (nSPS) is 39.4. The average molecular weight is 465 g/mol. The molecule has 2 heterocycles. The van der Waals surface area contributed by atoms with Gasteiger partial charge in [-0.25, -0.2) is 0 Å². The van der Waals surface area contributed by atoms with E-state index in [-0.39, 0.29) is 14.9 Å². The zero-order valence-corrected chi connectivity index (χ0v) is 20.0. The van der Waals surface area contributed by atoms with Crippen LogP contribution in [0.2, 0.25) is 0 Å². The van der Waals surface area contributed by atoms with Crippen molar-refractivity contribution in [2.24, 2.45) is 28.6 Å². The van der Waals surface area contributed by atoms with Crippen molar-refractivity contribution in [2.75, 3.05) is 13.1 Å². The Hall–Kier alpha value is -1.45. The number of nitrogens with one attached hydrogen (secondary N) is 1. The predicted octanol–water partition coefficient (Wildman–Crippen LogP) is 7.45. The minimum absolute atomic E-state index is 0. The number of pyridine rings is 1. The van der Waals surface area contributed by atoms with Gasteiger partial charge in [0, 0.05) is 12.4 Å². The highest BCUT2D eigenvalue weighted by atomic mass is 16.5. The van der Waals surface area contributed by atoms with Crippen LogP contribution < -0.4 is 5.32 Å². The molecule has 3 fully saturated rings. The highest BCUT2D eigenvalue weighted by Gasteiger charge is 2.56. The summed E-state index contributed by atoms with van der Waals surface area (Å²) in [4.78, 5) is 4.43. The maximum atomic E-state index is 6.62. The number of hydrogen-bond donors (Lipinski definition) is 1. The average Bonchev–Trinajstić information content (AvgIpc) is 3.18. The summed E-state index contributed by atoms with van der Waals surface area (Å²) in [5, 5.41) is 3.47. The molecule has 0 bridgehead atoms. The molecule has 0 amide bonds. The lowest BCUT2D eigenvalue weighted by Crippen LogP contribution is -2.50. The molecule has 34 heavy (non-hydrogen) atoms. The third-order valence-electron chi connectivity index (χ3n) is 10.3. The van der Waals surface area contributed by atoms with Crippen LogP contribution in [0, 0.1) is 28.6 Å². The van der Waals surface area contributed by atoms with Gasteiger partial charge in [-0.1, -0.05) is 52.5 Å². The van der Waals surface area contributed by atoms with Gasteiger partial charge in [0.05, 0.1) is 12.2 Å². The van der Waals surface area contributed by atoms with Gasteiger partial charge >= 0.3 is 0 Å². The fourth-order valence-corrected chi connectivity index (χ4v) is 8.48. The van der Waals surface area contributed by atoms with Crippen molar-refractivity contribution in [1.82, 2.24) is 10.3 Å². The number of allylic oxidation sites excluding steroid dienone is 3. The summed E-state index contributed by atoms with van der Waals surface area (Å²) in [5.41, 5.74) is 5.39. The first kappa shape index (κ1) is 25.6. The predicted molar refractivity (Wildman–Crippen MR) is 144 cm³/mol. The molecule has 1 N–H and O–H groups in total. The molecule has 0 spiro atoms. The largest absolute Gasteiger partial charge is 0.375 e. The minimum atomic E-state index is 0. The van der Waals surface area contributed by atoms with E-state index in [0.29, 0.717) is 23.0 Å². The van der Waals surface area contributed by atoms with Gasteiger partial charge in [0.25, 0.3) is 0 Å². The second-order valence-electron chi connectivity index (χ2n) is 11.8. The quantitative estimate of drug-likeness (QED) is 0.472. The van der Waals surface area contributed by atoms with Gasteiger partial charge in [-0.05, 0) is 117 Å². The van der Waals surface area contributed by atoms with Gasteiger partial charge in [0.1, 0.15) is 0 Å². The molecule has 6 rings (SSSR count). The second kappa shape index (κ2) is 9.90. The zero-order valence-electron chi connectivity index (χ0n) is 20.0. The van der Waals surface area contributed by atoms with E-state index in [1.165, 1.54) is 63.4 Å². The van der Waals surface area contributed by atoms with Gasteiger partial charge in [0.2, 0.25) is 0 Å². The van der Waals surface area contributed by atoms with Crippen molar-refractivity contribution < 1.29 is 4.74 Å². The molecule has 6 unspecified atom stereocenters. The molecule has 1 aromatic heterocycles. The van der Waals surface area contributed by atoms with Crippen LogP contribution in [-0.4, -0.2) is 30.3 Å². The second-order valence-corrected chi connectivity index (χ2v) is 11.8.